The van der Waals surface area contributed by atoms with Crippen molar-refractivity contribution >= 4 is 5.91 Å². The van der Waals surface area contributed by atoms with Crippen LogP contribution in [-0.2, 0) is 14.3 Å². The molecule has 128 valence electrons. The van der Waals surface area contributed by atoms with Gasteiger partial charge in [-0.25, -0.2) is 0 Å². The van der Waals surface area contributed by atoms with Gasteiger partial charge < -0.3 is 19.7 Å². The Bertz CT molecular complexity index is 356. The first-order chi connectivity index (χ1) is 10.7. The molecule has 0 heterocycles. The minimum Gasteiger partial charge on any atom is -0.383 e. The van der Waals surface area contributed by atoms with Gasteiger partial charge >= 0.3 is 0 Å². The fourth-order valence-corrected chi connectivity index (χ4v) is 4.24. The summed E-state index contributed by atoms with van der Waals surface area (Å²) in [6, 6.07) is 0.348. The second-order valence-corrected chi connectivity index (χ2v) is 6.66. The van der Waals surface area contributed by atoms with Crippen LogP contribution in [0.2, 0.25) is 0 Å². The number of ether oxygens (including phenoxy) is 2. The zero-order chi connectivity index (χ0) is 16.0. The van der Waals surface area contributed by atoms with Gasteiger partial charge in [0.15, 0.2) is 0 Å². The lowest BCUT2D eigenvalue weighted by Crippen LogP contribution is -2.66. The van der Waals surface area contributed by atoms with Crippen LogP contribution in [0, 0.1) is 5.41 Å². The van der Waals surface area contributed by atoms with Crippen molar-refractivity contribution in [1.82, 2.24) is 10.2 Å². The van der Waals surface area contributed by atoms with Crippen molar-refractivity contribution in [2.45, 2.75) is 57.6 Å². The smallest absolute Gasteiger partial charge is 0.236 e. The molecule has 1 amide bonds. The number of nitrogens with zero attached hydrogens (tertiary/aromatic N) is 1. The van der Waals surface area contributed by atoms with Crippen LogP contribution in [0.4, 0.5) is 0 Å². The van der Waals surface area contributed by atoms with E-state index in [4.69, 9.17) is 9.47 Å². The molecule has 0 radical (unpaired) electrons. The first-order valence-corrected chi connectivity index (χ1v) is 8.72. The van der Waals surface area contributed by atoms with Crippen molar-refractivity contribution in [3.05, 3.63) is 0 Å². The molecule has 2 unspecified atom stereocenters. The maximum atomic E-state index is 12.4. The van der Waals surface area contributed by atoms with E-state index in [2.05, 4.69) is 12.2 Å². The Kier molecular flexibility index (Phi) is 6.66. The van der Waals surface area contributed by atoms with E-state index in [9.17, 15) is 4.79 Å². The van der Waals surface area contributed by atoms with E-state index in [0.717, 1.165) is 13.0 Å². The molecule has 0 aromatic rings. The molecular formula is C17H32N2O3. The predicted molar refractivity (Wildman–Crippen MR) is 86.9 cm³/mol. The molecule has 1 N–H and O–H groups in total. The summed E-state index contributed by atoms with van der Waals surface area (Å²) in [4.78, 5) is 14.4. The van der Waals surface area contributed by atoms with Crippen LogP contribution in [-0.4, -0.2) is 63.4 Å². The summed E-state index contributed by atoms with van der Waals surface area (Å²) in [6.07, 6.45) is 7.62. The molecule has 5 heteroatoms. The molecule has 2 aliphatic rings. The third-order valence-corrected chi connectivity index (χ3v) is 5.51. The van der Waals surface area contributed by atoms with Gasteiger partial charge in [0, 0.05) is 38.8 Å². The van der Waals surface area contributed by atoms with Crippen molar-refractivity contribution < 1.29 is 14.3 Å². The number of rotatable bonds is 8. The van der Waals surface area contributed by atoms with E-state index in [1.807, 2.05) is 11.9 Å². The van der Waals surface area contributed by atoms with Crippen molar-refractivity contribution in [2.24, 2.45) is 5.41 Å². The maximum Gasteiger partial charge on any atom is 0.236 e. The number of methoxy groups -OCH3 is 1. The third kappa shape index (κ3) is 3.63. The molecule has 2 aliphatic carbocycles. The Morgan fingerprint density at radius 3 is 2.68 bits per heavy atom. The highest BCUT2D eigenvalue weighted by Crippen LogP contribution is 2.55. The lowest BCUT2D eigenvalue weighted by Gasteiger charge is -2.60. The minimum absolute atomic E-state index is 0.181. The van der Waals surface area contributed by atoms with Crippen LogP contribution in [0.25, 0.3) is 0 Å². The number of amides is 1. The Labute approximate surface area is 134 Å². The number of hydrogen-bond acceptors (Lipinski definition) is 4. The van der Waals surface area contributed by atoms with Gasteiger partial charge in [0.25, 0.3) is 0 Å². The summed E-state index contributed by atoms with van der Waals surface area (Å²) in [5.41, 5.74) is 0.213. The fraction of sp³-hybridized carbons (Fsp3) is 0.941. The Balaban J connectivity index is 1.90. The maximum absolute atomic E-state index is 12.4. The van der Waals surface area contributed by atoms with E-state index >= 15 is 0 Å². The lowest BCUT2D eigenvalue weighted by atomic mass is 9.54. The predicted octanol–water partition coefficient (Wildman–Crippen LogP) is 1.81. The van der Waals surface area contributed by atoms with E-state index in [-0.39, 0.29) is 11.3 Å². The van der Waals surface area contributed by atoms with Crippen LogP contribution in [0.5, 0.6) is 0 Å². The van der Waals surface area contributed by atoms with Gasteiger partial charge in [-0.15, -0.1) is 0 Å². The molecule has 2 fully saturated rings. The van der Waals surface area contributed by atoms with E-state index in [1.54, 1.807) is 7.11 Å². The van der Waals surface area contributed by atoms with Gasteiger partial charge in [-0.1, -0.05) is 19.3 Å². The topological polar surface area (TPSA) is 50.8 Å². The molecule has 5 nitrogen and oxygen atoms in total. The van der Waals surface area contributed by atoms with Crippen molar-refractivity contribution in [2.75, 3.05) is 40.5 Å². The second kappa shape index (κ2) is 8.27. The molecule has 2 rings (SSSR count). The monoisotopic (exact) mass is 312 g/mol. The molecule has 0 aromatic heterocycles. The molecule has 0 aliphatic heterocycles. The standard InChI is InChI=1S/C17H32N2O3/c1-4-22-15-12-14(17(15)8-6-5-7-9-17)19(2)16(20)13-18-10-11-21-3/h14-15,18H,4-13H2,1-3H3. The number of carbonyl (C=O) groups is 1. The van der Waals surface area contributed by atoms with Crippen molar-refractivity contribution in [3.63, 3.8) is 0 Å². The SMILES string of the molecule is CCOC1CC(N(C)C(=O)CNCCOC)C12CCCCC2. The average molecular weight is 312 g/mol. The number of hydrogen-bond donors (Lipinski definition) is 1. The van der Waals surface area contributed by atoms with Crippen molar-refractivity contribution in [1.29, 1.82) is 0 Å². The number of carbonyl (C=O) groups excluding carboxylic acids is 1. The molecule has 0 saturated heterocycles. The zero-order valence-electron chi connectivity index (χ0n) is 14.4. The number of likely N-dealkylation sites (N-methyl/N-ethyl adjacent to an activating group) is 1. The Morgan fingerprint density at radius 2 is 2.05 bits per heavy atom. The highest BCUT2D eigenvalue weighted by atomic mass is 16.5. The summed E-state index contributed by atoms with van der Waals surface area (Å²) in [5, 5.41) is 3.15. The molecule has 0 aromatic carbocycles. The van der Waals surface area contributed by atoms with Gasteiger partial charge in [0.05, 0.1) is 19.3 Å². The quantitative estimate of drug-likeness (QED) is 0.695. The normalized spacial score (nSPS) is 26.7. The van der Waals surface area contributed by atoms with Crippen LogP contribution in [0.15, 0.2) is 0 Å². The fourth-order valence-electron chi connectivity index (χ4n) is 4.24. The summed E-state index contributed by atoms with van der Waals surface area (Å²) >= 11 is 0. The Hall–Kier alpha value is -0.650. The molecule has 2 saturated carbocycles. The van der Waals surface area contributed by atoms with Gasteiger partial charge in [-0.2, -0.15) is 0 Å². The number of nitrogens with one attached hydrogen (secondary N) is 1. The Morgan fingerprint density at radius 1 is 1.32 bits per heavy atom. The van der Waals surface area contributed by atoms with Gasteiger partial charge in [0.2, 0.25) is 5.91 Å². The summed E-state index contributed by atoms with van der Waals surface area (Å²) < 4.78 is 11.0. The summed E-state index contributed by atoms with van der Waals surface area (Å²) in [7, 11) is 3.63. The van der Waals surface area contributed by atoms with E-state index < -0.39 is 0 Å². The largest absolute Gasteiger partial charge is 0.383 e. The van der Waals surface area contributed by atoms with E-state index in [1.165, 1.54) is 32.1 Å². The van der Waals surface area contributed by atoms with Crippen LogP contribution in [0.1, 0.15) is 45.4 Å². The van der Waals surface area contributed by atoms with Crippen LogP contribution < -0.4 is 5.32 Å². The van der Waals surface area contributed by atoms with Crippen LogP contribution >= 0.6 is 0 Å². The summed E-state index contributed by atoms with van der Waals surface area (Å²) in [6.45, 7) is 4.59. The molecule has 0 bridgehead atoms. The third-order valence-electron chi connectivity index (χ3n) is 5.51. The van der Waals surface area contributed by atoms with Gasteiger partial charge in [0.1, 0.15) is 0 Å². The first kappa shape index (κ1) is 17.7. The van der Waals surface area contributed by atoms with Gasteiger partial charge in [-0.05, 0) is 26.2 Å². The molecular weight excluding hydrogens is 280 g/mol. The highest BCUT2D eigenvalue weighted by Gasteiger charge is 2.57. The second-order valence-electron chi connectivity index (χ2n) is 6.66. The summed E-state index contributed by atoms with van der Waals surface area (Å²) in [5.74, 6) is 0.181. The average Bonchev–Trinajstić information content (AvgIpc) is 2.55. The highest BCUT2D eigenvalue weighted by molar-refractivity contribution is 5.78. The van der Waals surface area contributed by atoms with Crippen molar-refractivity contribution in [3.8, 4) is 0 Å². The zero-order valence-corrected chi connectivity index (χ0v) is 14.4. The first-order valence-electron chi connectivity index (χ1n) is 8.72. The van der Waals surface area contributed by atoms with Crippen LogP contribution in [0.3, 0.4) is 0 Å². The molecule has 1 spiro atoms. The van der Waals surface area contributed by atoms with E-state index in [0.29, 0.717) is 31.8 Å². The molecule has 22 heavy (non-hydrogen) atoms. The minimum atomic E-state index is 0.181. The molecule has 2 atom stereocenters. The van der Waals surface area contributed by atoms with Gasteiger partial charge in [-0.3, -0.25) is 4.79 Å². The lowest BCUT2D eigenvalue weighted by molar-refractivity contribution is -0.184.